The lowest BCUT2D eigenvalue weighted by Crippen LogP contribution is -2.34. The van der Waals surface area contributed by atoms with Gasteiger partial charge in [-0.25, -0.2) is 0 Å². The molecule has 116 valence electrons. The maximum atomic E-state index is 12.3. The standard InChI is InChI=1S/C16H18ClN3O2/c1-9-12(16(17)20(2)19-9)8-14(22)18-15-11-6-4-3-5-10(11)7-13(15)21/h3-6,13,15,21H,7-8H2,1-2H3,(H,18,22). The van der Waals surface area contributed by atoms with Gasteiger partial charge in [-0.15, -0.1) is 0 Å². The Bertz CT molecular complexity index is 726. The number of fused-ring (bicyclic) bond motifs is 1. The van der Waals surface area contributed by atoms with Crippen molar-refractivity contribution in [2.24, 2.45) is 7.05 Å². The van der Waals surface area contributed by atoms with Crippen LogP contribution in [0.3, 0.4) is 0 Å². The third-order valence-corrected chi connectivity index (χ3v) is 4.60. The molecule has 0 spiro atoms. The molecule has 1 aliphatic rings. The van der Waals surface area contributed by atoms with E-state index in [4.69, 9.17) is 11.6 Å². The SMILES string of the molecule is Cc1nn(C)c(Cl)c1CC(=O)NC1c2ccccc2CC1O. The second kappa shape index (κ2) is 5.74. The molecule has 2 atom stereocenters. The second-order valence-electron chi connectivity index (χ2n) is 5.67. The number of amides is 1. The molecule has 1 amide bonds. The molecular weight excluding hydrogens is 302 g/mol. The number of carbonyl (C=O) groups is 1. The van der Waals surface area contributed by atoms with Crippen LogP contribution in [0.2, 0.25) is 5.15 Å². The van der Waals surface area contributed by atoms with Crippen LogP contribution in [-0.4, -0.2) is 26.9 Å². The molecule has 1 aromatic heterocycles. The summed E-state index contributed by atoms with van der Waals surface area (Å²) in [5.74, 6) is -0.168. The zero-order chi connectivity index (χ0) is 15.9. The molecule has 0 saturated heterocycles. The monoisotopic (exact) mass is 319 g/mol. The number of aliphatic hydroxyl groups excluding tert-OH is 1. The number of aryl methyl sites for hydroxylation is 2. The molecule has 0 aliphatic heterocycles. The largest absolute Gasteiger partial charge is 0.390 e. The number of rotatable bonds is 3. The van der Waals surface area contributed by atoms with E-state index in [1.54, 1.807) is 11.7 Å². The zero-order valence-corrected chi connectivity index (χ0v) is 13.3. The van der Waals surface area contributed by atoms with Gasteiger partial charge in [0.15, 0.2) is 0 Å². The highest BCUT2D eigenvalue weighted by Crippen LogP contribution is 2.31. The summed E-state index contributed by atoms with van der Waals surface area (Å²) in [5.41, 5.74) is 3.53. The highest BCUT2D eigenvalue weighted by molar-refractivity contribution is 6.30. The van der Waals surface area contributed by atoms with Gasteiger partial charge in [0.25, 0.3) is 0 Å². The minimum Gasteiger partial charge on any atom is -0.390 e. The Labute approximate surface area is 133 Å². The van der Waals surface area contributed by atoms with Crippen molar-refractivity contribution in [3.05, 3.63) is 51.8 Å². The van der Waals surface area contributed by atoms with Crippen molar-refractivity contribution in [1.29, 1.82) is 0 Å². The summed E-state index contributed by atoms with van der Waals surface area (Å²) in [7, 11) is 1.74. The summed E-state index contributed by atoms with van der Waals surface area (Å²) in [4.78, 5) is 12.3. The van der Waals surface area contributed by atoms with Gasteiger partial charge in [0.05, 0.1) is 24.3 Å². The van der Waals surface area contributed by atoms with E-state index >= 15 is 0 Å². The average molecular weight is 320 g/mol. The minimum atomic E-state index is -0.591. The lowest BCUT2D eigenvalue weighted by atomic mass is 10.1. The first-order chi connectivity index (χ1) is 10.5. The zero-order valence-electron chi connectivity index (χ0n) is 12.5. The number of aromatic nitrogens is 2. The van der Waals surface area contributed by atoms with Gasteiger partial charge in [0.2, 0.25) is 5.91 Å². The van der Waals surface area contributed by atoms with Gasteiger partial charge in [-0.05, 0) is 18.1 Å². The van der Waals surface area contributed by atoms with E-state index in [2.05, 4.69) is 10.4 Å². The molecule has 1 heterocycles. The van der Waals surface area contributed by atoms with Crippen molar-refractivity contribution in [2.75, 3.05) is 0 Å². The summed E-state index contributed by atoms with van der Waals surface area (Å²) in [6.07, 6.45) is 0.129. The molecule has 0 radical (unpaired) electrons. The summed E-state index contributed by atoms with van der Waals surface area (Å²) in [6, 6.07) is 7.41. The highest BCUT2D eigenvalue weighted by Gasteiger charge is 2.32. The van der Waals surface area contributed by atoms with E-state index in [1.807, 2.05) is 31.2 Å². The molecule has 6 heteroatoms. The maximum Gasteiger partial charge on any atom is 0.225 e. The Morgan fingerprint density at radius 3 is 2.91 bits per heavy atom. The molecule has 22 heavy (non-hydrogen) atoms. The van der Waals surface area contributed by atoms with Crippen molar-refractivity contribution >= 4 is 17.5 Å². The van der Waals surface area contributed by atoms with Crippen molar-refractivity contribution in [3.8, 4) is 0 Å². The summed E-state index contributed by atoms with van der Waals surface area (Å²) < 4.78 is 1.55. The molecule has 3 rings (SSSR count). The third-order valence-electron chi connectivity index (χ3n) is 4.13. The predicted molar refractivity (Wildman–Crippen MR) is 83.7 cm³/mol. The highest BCUT2D eigenvalue weighted by atomic mass is 35.5. The van der Waals surface area contributed by atoms with E-state index in [9.17, 15) is 9.90 Å². The Morgan fingerprint density at radius 2 is 2.23 bits per heavy atom. The summed E-state index contributed by atoms with van der Waals surface area (Å²) in [5, 5.41) is 17.8. The Morgan fingerprint density at radius 1 is 1.50 bits per heavy atom. The average Bonchev–Trinajstić information content (AvgIpc) is 2.91. The van der Waals surface area contributed by atoms with Gasteiger partial charge in [0, 0.05) is 19.0 Å². The van der Waals surface area contributed by atoms with Gasteiger partial charge < -0.3 is 10.4 Å². The van der Waals surface area contributed by atoms with Gasteiger partial charge in [0.1, 0.15) is 5.15 Å². The van der Waals surface area contributed by atoms with Crippen LogP contribution in [0.4, 0.5) is 0 Å². The fourth-order valence-corrected chi connectivity index (χ4v) is 3.25. The summed E-state index contributed by atoms with van der Waals surface area (Å²) >= 11 is 6.16. The number of hydrogen-bond donors (Lipinski definition) is 2. The van der Waals surface area contributed by atoms with Crippen LogP contribution in [0.25, 0.3) is 0 Å². The molecule has 0 saturated carbocycles. The normalized spacial score (nSPS) is 20.0. The first-order valence-corrected chi connectivity index (χ1v) is 7.58. The molecule has 2 unspecified atom stereocenters. The quantitative estimate of drug-likeness (QED) is 0.905. The third kappa shape index (κ3) is 2.62. The molecule has 2 aromatic rings. The number of nitrogens with one attached hydrogen (secondary N) is 1. The minimum absolute atomic E-state index is 0.157. The number of benzene rings is 1. The predicted octanol–water partition coefficient (Wildman–Crippen LogP) is 1.70. The fraction of sp³-hybridized carbons (Fsp3) is 0.375. The first kappa shape index (κ1) is 15.1. The molecular formula is C16H18ClN3O2. The van der Waals surface area contributed by atoms with Crippen LogP contribution in [0.15, 0.2) is 24.3 Å². The van der Waals surface area contributed by atoms with Crippen molar-refractivity contribution < 1.29 is 9.90 Å². The molecule has 0 fully saturated rings. The van der Waals surface area contributed by atoms with Crippen LogP contribution >= 0.6 is 11.6 Å². The number of nitrogens with zero attached hydrogens (tertiary/aromatic N) is 2. The van der Waals surface area contributed by atoms with E-state index in [1.165, 1.54) is 0 Å². The van der Waals surface area contributed by atoms with Crippen LogP contribution in [0.1, 0.15) is 28.4 Å². The van der Waals surface area contributed by atoms with Crippen LogP contribution in [0, 0.1) is 6.92 Å². The first-order valence-electron chi connectivity index (χ1n) is 7.20. The second-order valence-corrected chi connectivity index (χ2v) is 6.03. The Hall–Kier alpha value is -1.85. The molecule has 5 nitrogen and oxygen atoms in total. The van der Waals surface area contributed by atoms with E-state index < -0.39 is 6.10 Å². The van der Waals surface area contributed by atoms with Crippen molar-refractivity contribution in [1.82, 2.24) is 15.1 Å². The molecule has 0 bridgehead atoms. The lowest BCUT2D eigenvalue weighted by molar-refractivity contribution is -0.122. The number of aliphatic hydroxyl groups is 1. The lowest BCUT2D eigenvalue weighted by Gasteiger charge is -2.18. The smallest absolute Gasteiger partial charge is 0.225 e. The van der Waals surface area contributed by atoms with Crippen LogP contribution in [0.5, 0.6) is 0 Å². The van der Waals surface area contributed by atoms with Gasteiger partial charge in [-0.3, -0.25) is 9.48 Å². The van der Waals surface area contributed by atoms with Crippen LogP contribution in [-0.2, 0) is 24.7 Å². The Balaban J connectivity index is 1.75. The maximum absolute atomic E-state index is 12.3. The van der Waals surface area contributed by atoms with E-state index in [0.717, 1.165) is 22.4 Å². The van der Waals surface area contributed by atoms with Gasteiger partial charge in [-0.2, -0.15) is 5.10 Å². The molecule has 1 aliphatic carbocycles. The Kier molecular flexibility index (Phi) is 3.93. The number of hydrogen-bond acceptors (Lipinski definition) is 3. The molecule has 2 N–H and O–H groups in total. The fourth-order valence-electron chi connectivity index (χ4n) is 3.01. The van der Waals surface area contributed by atoms with Crippen LogP contribution < -0.4 is 5.32 Å². The molecule has 1 aromatic carbocycles. The van der Waals surface area contributed by atoms with Gasteiger partial charge in [-0.1, -0.05) is 35.9 Å². The van der Waals surface area contributed by atoms with Crippen molar-refractivity contribution in [3.63, 3.8) is 0 Å². The van der Waals surface area contributed by atoms with E-state index in [-0.39, 0.29) is 18.4 Å². The topological polar surface area (TPSA) is 67.2 Å². The summed E-state index contributed by atoms with van der Waals surface area (Å²) in [6.45, 7) is 1.83. The number of carbonyl (C=O) groups excluding carboxylic acids is 1. The van der Waals surface area contributed by atoms with Gasteiger partial charge >= 0.3 is 0 Å². The number of halogens is 1. The van der Waals surface area contributed by atoms with Crippen molar-refractivity contribution in [2.45, 2.75) is 31.9 Å². The van der Waals surface area contributed by atoms with E-state index in [0.29, 0.717) is 11.6 Å².